The Morgan fingerprint density at radius 3 is 2.45 bits per heavy atom. The highest BCUT2D eigenvalue weighted by Gasteiger charge is 2.24. The second-order valence-electron chi connectivity index (χ2n) is 6.93. The molecule has 4 nitrogen and oxygen atoms in total. The summed E-state index contributed by atoms with van der Waals surface area (Å²) in [5, 5.41) is 0. The summed E-state index contributed by atoms with van der Waals surface area (Å²) < 4.78 is 14.0. The SMILES string of the molecule is Cc1cccc(COc2c(Br)cc(/C=C3\N=C(c4ccc(I)cc4)OC3=O)cc2Br)c1. The molecule has 31 heavy (non-hydrogen) atoms. The van der Waals surface area contributed by atoms with Gasteiger partial charge in [-0.25, -0.2) is 9.79 Å². The second kappa shape index (κ2) is 9.67. The summed E-state index contributed by atoms with van der Waals surface area (Å²) in [6.45, 7) is 2.51. The zero-order valence-corrected chi connectivity index (χ0v) is 21.7. The van der Waals surface area contributed by atoms with Crippen LogP contribution in [0.5, 0.6) is 5.75 Å². The molecule has 3 aromatic carbocycles. The van der Waals surface area contributed by atoms with Gasteiger partial charge in [-0.3, -0.25) is 0 Å². The van der Waals surface area contributed by atoms with Crippen molar-refractivity contribution in [1.82, 2.24) is 0 Å². The van der Waals surface area contributed by atoms with Crippen molar-refractivity contribution in [1.29, 1.82) is 0 Å². The molecule has 4 rings (SSSR count). The first-order valence-corrected chi connectivity index (χ1v) is 12.0. The maximum absolute atomic E-state index is 12.3. The quantitative estimate of drug-likeness (QED) is 0.169. The lowest BCUT2D eigenvalue weighted by Crippen LogP contribution is -2.05. The zero-order chi connectivity index (χ0) is 22.0. The summed E-state index contributed by atoms with van der Waals surface area (Å²) in [5.41, 5.74) is 4.09. The topological polar surface area (TPSA) is 47.9 Å². The van der Waals surface area contributed by atoms with Crippen molar-refractivity contribution in [3.63, 3.8) is 0 Å². The van der Waals surface area contributed by atoms with Crippen LogP contribution in [0, 0.1) is 10.5 Å². The van der Waals surface area contributed by atoms with Crippen LogP contribution in [0.15, 0.2) is 80.3 Å². The molecule has 0 saturated carbocycles. The number of halogens is 3. The lowest BCUT2D eigenvalue weighted by molar-refractivity contribution is -0.129. The standard InChI is InChI=1S/C24H16Br2INO3/c1-14-3-2-4-15(9-14)13-30-22-19(25)10-16(11-20(22)26)12-21-24(29)31-23(28-21)17-5-7-18(27)8-6-17/h2-12H,13H2,1H3/b21-12-. The maximum atomic E-state index is 12.3. The molecular weight excluding hydrogens is 637 g/mol. The highest BCUT2D eigenvalue weighted by Crippen LogP contribution is 2.36. The molecule has 1 aliphatic heterocycles. The number of rotatable bonds is 5. The van der Waals surface area contributed by atoms with Gasteiger partial charge in [-0.2, -0.15) is 0 Å². The summed E-state index contributed by atoms with van der Waals surface area (Å²) >= 11 is 9.36. The minimum atomic E-state index is -0.472. The fourth-order valence-corrected chi connectivity index (χ4v) is 4.85. The van der Waals surface area contributed by atoms with Crippen LogP contribution in [-0.2, 0) is 16.1 Å². The number of esters is 1. The third-order valence-corrected chi connectivity index (χ3v) is 6.40. The first kappa shape index (κ1) is 22.2. The van der Waals surface area contributed by atoms with E-state index in [1.807, 2.05) is 48.5 Å². The van der Waals surface area contributed by atoms with Crippen LogP contribution in [0.1, 0.15) is 22.3 Å². The van der Waals surface area contributed by atoms with E-state index in [0.29, 0.717) is 18.3 Å². The number of nitrogens with zero attached hydrogens (tertiary/aromatic N) is 1. The molecule has 3 aromatic rings. The third kappa shape index (κ3) is 5.45. The van der Waals surface area contributed by atoms with Gasteiger partial charge in [-0.15, -0.1) is 0 Å². The fourth-order valence-electron chi connectivity index (χ4n) is 3.04. The predicted molar refractivity (Wildman–Crippen MR) is 137 cm³/mol. The molecule has 0 fully saturated rings. The molecule has 1 aliphatic rings. The Morgan fingerprint density at radius 2 is 1.77 bits per heavy atom. The van der Waals surface area contributed by atoms with Crippen LogP contribution < -0.4 is 4.74 Å². The molecule has 0 N–H and O–H groups in total. The third-order valence-electron chi connectivity index (χ3n) is 4.50. The van der Waals surface area contributed by atoms with Gasteiger partial charge in [0.2, 0.25) is 5.90 Å². The first-order valence-electron chi connectivity index (χ1n) is 9.35. The molecule has 0 aliphatic carbocycles. The van der Waals surface area contributed by atoms with Gasteiger partial charge in [0.1, 0.15) is 12.4 Å². The summed E-state index contributed by atoms with van der Waals surface area (Å²) in [7, 11) is 0. The largest absolute Gasteiger partial charge is 0.487 e. The smallest absolute Gasteiger partial charge is 0.363 e. The van der Waals surface area contributed by atoms with Gasteiger partial charge in [-0.1, -0.05) is 29.8 Å². The Hall–Kier alpha value is -1.97. The van der Waals surface area contributed by atoms with Crippen molar-refractivity contribution >= 4 is 72.4 Å². The highest BCUT2D eigenvalue weighted by atomic mass is 127. The van der Waals surface area contributed by atoms with Crippen molar-refractivity contribution in [2.45, 2.75) is 13.5 Å². The fraction of sp³-hybridized carbons (Fsp3) is 0.0833. The number of cyclic esters (lactones) is 1. The van der Waals surface area contributed by atoms with Crippen molar-refractivity contribution in [3.8, 4) is 5.75 Å². The van der Waals surface area contributed by atoms with Crippen molar-refractivity contribution < 1.29 is 14.3 Å². The number of aryl methyl sites for hydroxylation is 1. The summed E-state index contributed by atoms with van der Waals surface area (Å²) in [6, 6.07) is 19.6. The van der Waals surface area contributed by atoms with Gasteiger partial charge in [0.15, 0.2) is 5.70 Å². The average Bonchev–Trinajstić information content (AvgIpc) is 3.08. The molecule has 156 valence electrons. The lowest BCUT2D eigenvalue weighted by Gasteiger charge is -2.12. The maximum Gasteiger partial charge on any atom is 0.363 e. The van der Waals surface area contributed by atoms with Crippen LogP contribution in [0.25, 0.3) is 6.08 Å². The lowest BCUT2D eigenvalue weighted by atomic mass is 10.1. The van der Waals surface area contributed by atoms with Gasteiger partial charge in [0.25, 0.3) is 0 Å². The number of hydrogen-bond donors (Lipinski definition) is 0. The van der Waals surface area contributed by atoms with Crippen LogP contribution >= 0.6 is 54.5 Å². The predicted octanol–water partition coefficient (Wildman–Crippen LogP) is 7.05. The first-order chi connectivity index (χ1) is 14.9. The summed E-state index contributed by atoms with van der Waals surface area (Å²) in [4.78, 5) is 16.7. The molecule has 0 radical (unpaired) electrons. The van der Waals surface area contributed by atoms with E-state index < -0.39 is 5.97 Å². The van der Waals surface area contributed by atoms with Gasteiger partial charge in [0, 0.05) is 9.13 Å². The molecule has 1 heterocycles. The van der Waals surface area contributed by atoms with Crippen LogP contribution in [-0.4, -0.2) is 11.9 Å². The summed E-state index contributed by atoms with van der Waals surface area (Å²) in [6.07, 6.45) is 1.70. The van der Waals surface area contributed by atoms with E-state index in [-0.39, 0.29) is 5.70 Å². The average molecular weight is 653 g/mol. The van der Waals surface area contributed by atoms with E-state index in [1.165, 1.54) is 5.56 Å². The number of hydrogen-bond acceptors (Lipinski definition) is 4. The van der Waals surface area contributed by atoms with Crippen LogP contribution in [0.4, 0.5) is 0 Å². The normalized spacial score (nSPS) is 14.5. The number of carbonyl (C=O) groups excluding carboxylic acids is 1. The van der Waals surface area contributed by atoms with E-state index in [9.17, 15) is 4.79 Å². The van der Waals surface area contributed by atoms with Crippen molar-refractivity contribution in [3.05, 3.63) is 101 Å². The highest BCUT2D eigenvalue weighted by molar-refractivity contribution is 14.1. The van der Waals surface area contributed by atoms with Gasteiger partial charge >= 0.3 is 5.97 Å². The van der Waals surface area contributed by atoms with Crippen LogP contribution in [0.2, 0.25) is 0 Å². The molecule has 0 spiro atoms. The monoisotopic (exact) mass is 651 g/mol. The molecule has 0 atom stereocenters. The zero-order valence-electron chi connectivity index (χ0n) is 16.4. The van der Waals surface area contributed by atoms with E-state index in [4.69, 9.17) is 9.47 Å². The Morgan fingerprint density at radius 1 is 1.06 bits per heavy atom. The number of carbonyl (C=O) groups is 1. The molecular formula is C24H16Br2INO3. The molecule has 0 saturated heterocycles. The Labute approximate surface area is 210 Å². The Bertz CT molecular complexity index is 1200. The van der Waals surface area contributed by atoms with E-state index in [1.54, 1.807) is 6.08 Å². The van der Waals surface area contributed by atoms with Crippen molar-refractivity contribution in [2.24, 2.45) is 4.99 Å². The molecule has 0 aromatic heterocycles. The summed E-state index contributed by atoms with van der Waals surface area (Å²) in [5.74, 6) is 0.533. The van der Waals surface area contributed by atoms with Gasteiger partial charge in [-0.05, 0) is 115 Å². The number of benzene rings is 3. The minimum absolute atomic E-state index is 0.251. The number of aliphatic imine (C=N–C) groups is 1. The Kier molecular flexibility index (Phi) is 6.93. The minimum Gasteiger partial charge on any atom is -0.487 e. The second-order valence-corrected chi connectivity index (χ2v) is 9.89. The Balaban J connectivity index is 1.55. The molecule has 0 amide bonds. The van der Waals surface area contributed by atoms with Gasteiger partial charge < -0.3 is 9.47 Å². The van der Waals surface area contributed by atoms with E-state index in [0.717, 1.165) is 29.2 Å². The molecule has 0 unspecified atom stereocenters. The van der Waals surface area contributed by atoms with Gasteiger partial charge in [0.05, 0.1) is 8.95 Å². The van der Waals surface area contributed by atoms with Crippen molar-refractivity contribution in [2.75, 3.05) is 0 Å². The van der Waals surface area contributed by atoms with E-state index in [2.05, 4.69) is 78.5 Å². The molecule has 0 bridgehead atoms. The van der Waals surface area contributed by atoms with E-state index >= 15 is 0 Å². The number of ether oxygens (including phenoxy) is 2. The molecule has 7 heteroatoms. The van der Waals surface area contributed by atoms with Crippen LogP contribution in [0.3, 0.4) is 0 Å².